The van der Waals surface area contributed by atoms with E-state index in [9.17, 15) is 13.2 Å². The van der Waals surface area contributed by atoms with Crippen molar-refractivity contribution in [2.24, 2.45) is 0 Å². The average Bonchev–Trinajstić information content (AvgIpc) is 2.12. The van der Waals surface area contributed by atoms with E-state index < -0.39 is 11.7 Å². The van der Waals surface area contributed by atoms with Crippen molar-refractivity contribution in [3.8, 4) is 0 Å². The standard InChI is InChI=1S/C10H9Cl2F3/c11-3-1-2-7-4-8(10(13,14)15)6-9(12)5-7/h4-6H,1-3H2. The summed E-state index contributed by atoms with van der Waals surface area (Å²) < 4.78 is 37.2. The Bertz CT molecular complexity index is 334. The molecule has 0 N–H and O–H groups in total. The Morgan fingerprint density at radius 2 is 1.80 bits per heavy atom. The third kappa shape index (κ3) is 3.92. The smallest absolute Gasteiger partial charge is 0.166 e. The second-order valence-corrected chi connectivity index (χ2v) is 3.95. The molecule has 0 amide bonds. The minimum absolute atomic E-state index is 0.106. The summed E-state index contributed by atoms with van der Waals surface area (Å²) in [5.41, 5.74) is -0.143. The van der Waals surface area contributed by atoms with Crippen LogP contribution in [-0.2, 0) is 12.6 Å². The summed E-state index contributed by atoms with van der Waals surface area (Å²) >= 11 is 11.1. The fourth-order valence-corrected chi connectivity index (χ4v) is 1.62. The third-order valence-corrected chi connectivity index (χ3v) is 2.37. The van der Waals surface area contributed by atoms with Crippen LogP contribution in [0.15, 0.2) is 18.2 Å². The molecular formula is C10H9Cl2F3. The minimum Gasteiger partial charge on any atom is -0.166 e. The largest absolute Gasteiger partial charge is 0.416 e. The van der Waals surface area contributed by atoms with E-state index in [1.165, 1.54) is 6.07 Å². The SMILES string of the molecule is FC(F)(F)c1cc(Cl)cc(CCCCl)c1. The second kappa shape index (κ2) is 5.08. The van der Waals surface area contributed by atoms with E-state index >= 15 is 0 Å². The predicted molar refractivity (Wildman–Crippen MR) is 55.5 cm³/mol. The van der Waals surface area contributed by atoms with Crippen molar-refractivity contribution in [1.29, 1.82) is 0 Å². The molecule has 0 aromatic heterocycles. The Hall–Kier alpha value is -0.410. The zero-order chi connectivity index (χ0) is 11.5. The first-order chi connectivity index (χ1) is 6.93. The summed E-state index contributed by atoms with van der Waals surface area (Å²) in [5, 5.41) is 0.106. The normalized spacial score (nSPS) is 11.8. The summed E-state index contributed by atoms with van der Waals surface area (Å²) in [6, 6.07) is 3.56. The highest BCUT2D eigenvalue weighted by Crippen LogP contribution is 2.32. The predicted octanol–water partition coefficient (Wildman–Crippen LogP) is 4.53. The van der Waals surface area contributed by atoms with Gasteiger partial charge in [-0.3, -0.25) is 0 Å². The van der Waals surface area contributed by atoms with Crippen LogP contribution in [0.25, 0.3) is 0 Å². The third-order valence-electron chi connectivity index (χ3n) is 1.88. The van der Waals surface area contributed by atoms with E-state index in [1.807, 2.05) is 0 Å². The maximum atomic E-state index is 12.4. The average molecular weight is 257 g/mol. The lowest BCUT2D eigenvalue weighted by molar-refractivity contribution is -0.137. The molecule has 84 valence electrons. The van der Waals surface area contributed by atoms with Crippen molar-refractivity contribution in [3.63, 3.8) is 0 Å². The second-order valence-electron chi connectivity index (χ2n) is 3.14. The topological polar surface area (TPSA) is 0 Å². The summed E-state index contributed by atoms with van der Waals surface area (Å²) in [4.78, 5) is 0. The van der Waals surface area contributed by atoms with Crippen LogP contribution in [0, 0.1) is 0 Å². The van der Waals surface area contributed by atoms with Crippen LogP contribution < -0.4 is 0 Å². The summed E-state index contributed by atoms with van der Waals surface area (Å²) in [7, 11) is 0. The molecule has 0 fully saturated rings. The first-order valence-electron chi connectivity index (χ1n) is 4.36. The summed E-state index contributed by atoms with van der Waals surface area (Å²) in [5.74, 6) is 0.424. The van der Waals surface area contributed by atoms with Gasteiger partial charge >= 0.3 is 6.18 Å². The lowest BCUT2D eigenvalue weighted by Crippen LogP contribution is -2.05. The number of hydrogen-bond donors (Lipinski definition) is 0. The zero-order valence-electron chi connectivity index (χ0n) is 7.74. The monoisotopic (exact) mass is 256 g/mol. The molecule has 0 aliphatic carbocycles. The molecule has 1 aromatic carbocycles. The van der Waals surface area contributed by atoms with Crippen molar-refractivity contribution in [1.82, 2.24) is 0 Å². The number of hydrogen-bond acceptors (Lipinski definition) is 0. The number of aryl methyl sites for hydroxylation is 1. The number of benzene rings is 1. The van der Waals surface area contributed by atoms with Crippen molar-refractivity contribution in [2.45, 2.75) is 19.0 Å². The molecule has 0 nitrogen and oxygen atoms in total. The van der Waals surface area contributed by atoms with Gasteiger partial charge in [-0.25, -0.2) is 0 Å². The van der Waals surface area contributed by atoms with Crippen LogP contribution in [0.2, 0.25) is 5.02 Å². The van der Waals surface area contributed by atoms with E-state index in [0.29, 0.717) is 24.3 Å². The van der Waals surface area contributed by atoms with E-state index in [0.717, 1.165) is 12.1 Å². The van der Waals surface area contributed by atoms with Gasteiger partial charge in [0.05, 0.1) is 5.56 Å². The highest BCUT2D eigenvalue weighted by Gasteiger charge is 2.30. The van der Waals surface area contributed by atoms with Crippen molar-refractivity contribution in [2.75, 3.05) is 5.88 Å². The van der Waals surface area contributed by atoms with Crippen LogP contribution in [0.4, 0.5) is 13.2 Å². The molecular weight excluding hydrogens is 248 g/mol. The van der Waals surface area contributed by atoms with E-state index in [4.69, 9.17) is 23.2 Å². The van der Waals surface area contributed by atoms with Crippen LogP contribution in [-0.4, -0.2) is 5.88 Å². The first kappa shape index (κ1) is 12.7. The Morgan fingerprint density at radius 3 is 2.33 bits per heavy atom. The molecule has 1 rings (SSSR count). The molecule has 0 radical (unpaired) electrons. The molecule has 1 aromatic rings. The number of rotatable bonds is 3. The van der Waals surface area contributed by atoms with Crippen molar-refractivity contribution >= 4 is 23.2 Å². The van der Waals surface area contributed by atoms with Crippen molar-refractivity contribution < 1.29 is 13.2 Å². The lowest BCUT2D eigenvalue weighted by atomic mass is 10.1. The molecule has 0 saturated heterocycles. The molecule has 0 spiro atoms. The van der Waals surface area contributed by atoms with Gasteiger partial charge < -0.3 is 0 Å². The molecule has 0 unspecified atom stereocenters. The van der Waals surface area contributed by atoms with Gasteiger partial charge in [0, 0.05) is 10.9 Å². The Balaban J connectivity index is 2.95. The highest BCUT2D eigenvalue weighted by atomic mass is 35.5. The van der Waals surface area contributed by atoms with Gasteiger partial charge in [0.25, 0.3) is 0 Å². The quantitative estimate of drug-likeness (QED) is 0.698. The number of halogens is 5. The van der Waals surface area contributed by atoms with Crippen LogP contribution >= 0.6 is 23.2 Å². The zero-order valence-corrected chi connectivity index (χ0v) is 9.26. The Kier molecular flexibility index (Phi) is 4.29. The van der Waals surface area contributed by atoms with Crippen LogP contribution in [0.5, 0.6) is 0 Å². The maximum absolute atomic E-state index is 12.4. The fourth-order valence-electron chi connectivity index (χ4n) is 1.23. The maximum Gasteiger partial charge on any atom is 0.416 e. The van der Waals surface area contributed by atoms with Gasteiger partial charge in [-0.15, -0.1) is 11.6 Å². The van der Waals surface area contributed by atoms with Crippen LogP contribution in [0.3, 0.4) is 0 Å². The van der Waals surface area contributed by atoms with Gasteiger partial charge in [-0.2, -0.15) is 13.2 Å². The first-order valence-corrected chi connectivity index (χ1v) is 5.27. The molecule has 5 heteroatoms. The molecule has 0 saturated carbocycles. The summed E-state index contributed by atoms with van der Waals surface area (Å²) in [6.45, 7) is 0. The molecule has 15 heavy (non-hydrogen) atoms. The van der Waals surface area contributed by atoms with E-state index in [1.54, 1.807) is 0 Å². The van der Waals surface area contributed by atoms with Gasteiger partial charge in [0.2, 0.25) is 0 Å². The number of alkyl halides is 4. The van der Waals surface area contributed by atoms with E-state index in [-0.39, 0.29) is 5.02 Å². The summed E-state index contributed by atoms with van der Waals surface area (Å²) in [6.07, 6.45) is -3.20. The Morgan fingerprint density at radius 1 is 1.13 bits per heavy atom. The molecule has 0 atom stereocenters. The molecule has 0 heterocycles. The van der Waals surface area contributed by atoms with Gasteiger partial charge in [-0.1, -0.05) is 11.6 Å². The van der Waals surface area contributed by atoms with Gasteiger partial charge in [0.1, 0.15) is 0 Å². The fraction of sp³-hybridized carbons (Fsp3) is 0.400. The van der Waals surface area contributed by atoms with Gasteiger partial charge in [-0.05, 0) is 36.6 Å². The van der Waals surface area contributed by atoms with Crippen LogP contribution in [0.1, 0.15) is 17.5 Å². The molecule has 0 aliphatic rings. The van der Waals surface area contributed by atoms with E-state index in [2.05, 4.69) is 0 Å². The minimum atomic E-state index is -4.35. The highest BCUT2D eigenvalue weighted by molar-refractivity contribution is 6.30. The molecule has 0 bridgehead atoms. The van der Waals surface area contributed by atoms with Crippen molar-refractivity contribution in [3.05, 3.63) is 34.3 Å². The Labute approximate surface area is 96.0 Å². The van der Waals surface area contributed by atoms with Gasteiger partial charge in [0.15, 0.2) is 0 Å². The lowest BCUT2D eigenvalue weighted by Gasteiger charge is -2.09. The molecule has 0 aliphatic heterocycles.